The van der Waals surface area contributed by atoms with Crippen LogP contribution in [0, 0.1) is 6.92 Å². The molecule has 0 radical (unpaired) electrons. The van der Waals surface area contributed by atoms with E-state index in [0.717, 1.165) is 12.0 Å². The molecule has 0 amide bonds. The van der Waals surface area contributed by atoms with Crippen molar-refractivity contribution in [3.05, 3.63) is 29.3 Å². The summed E-state index contributed by atoms with van der Waals surface area (Å²) in [5.41, 5.74) is 1.37. The fraction of sp³-hybridized carbons (Fsp3) is 0.455. The summed E-state index contributed by atoms with van der Waals surface area (Å²) in [7, 11) is -4.20. The van der Waals surface area contributed by atoms with Crippen LogP contribution >= 0.6 is 0 Å². The maximum absolute atomic E-state index is 11.0. The van der Waals surface area contributed by atoms with Gasteiger partial charge in [0.15, 0.2) is 0 Å². The molecule has 1 unspecified atom stereocenters. The van der Waals surface area contributed by atoms with Gasteiger partial charge in [-0.3, -0.25) is 4.55 Å². The van der Waals surface area contributed by atoms with Gasteiger partial charge in [-0.25, -0.2) is 0 Å². The molecule has 4 nitrogen and oxygen atoms in total. The van der Waals surface area contributed by atoms with E-state index >= 15 is 0 Å². The minimum Gasteiger partial charge on any atom is -0.388 e. The first-order valence-corrected chi connectivity index (χ1v) is 6.56. The Morgan fingerprint density at radius 1 is 1.38 bits per heavy atom. The molecular formula is C11H16O4S. The maximum Gasteiger partial charge on any atom is 0.294 e. The highest BCUT2D eigenvalue weighted by atomic mass is 32.2. The number of benzene rings is 1. The van der Waals surface area contributed by atoms with Crippen LogP contribution in [0.4, 0.5) is 0 Å². The third-order valence-electron chi connectivity index (χ3n) is 2.47. The summed E-state index contributed by atoms with van der Waals surface area (Å²) in [6.45, 7) is 3.73. The zero-order chi connectivity index (χ0) is 12.3. The summed E-state index contributed by atoms with van der Waals surface area (Å²) < 4.78 is 30.8. The fourth-order valence-corrected chi connectivity index (χ4v) is 2.08. The molecule has 0 fully saturated rings. The minimum absolute atomic E-state index is 0.178. The third kappa shape index (κ3) is 3.04. The van der Waals surface area contributed by atoms with Gasteiger partial charge in [0, 0.05) is 0 Å². The van der Waals surface area contributed by atoms with Gasteiger partial charge in [0.2, 0.25) is 0 Å². The van der Waals surface area contributed by atoms with E-state index in [1.807, 2.05) is 6.92 Å². The monoisotopic (exact) mass is 244 g/mol. The van der Waals surface area contributed by atoms with Gasteiger partial charge < -0.3 is 5.11 Å². The Hall–Kier alpha value is -0.910. The summed E-state index contributed by atoms with van der Waals surface area (Å²) >= 11 is 0. The first-order valence-electron chi connectivity index (χ1n) is 5.12. The molecule has 0 heterocycles. The van der Waals surface area contributed by atoms with Crippen LogP contribution < -0.4 is 0 Å². The molecule has 1 aromatic rings. The van der Waals surface area contributed by atoms with Gasteiger partial charge in [-0.05, 0) is 36.6 Å². The zero-order valence-corrected chi connectivity index (χ0v) is 10.2. The van der Waals surface area contributed by atoms with Crippen molar-refractivity contribution in [3.8, 4) is 0 Å². The Labute approximate surface area is 95.7 Å². The molecular weight excluding hydrogens is 228 g/mol. The van der Waals surface area contributed by atoms with Crippen molar-refractivity contribution in [2.45, 2.75) is 37.7 Å². The van der Waals surface area contributed by atoms with Crippen LogP contribution in [0.25, 0.3) is 0 Å². The van der Waals surface area contributed by atoms with Crippen LogP contribution in [0.2, 0.25) is 0 Å². The van der Waals surface area contributed by atoms with Crippen LogP contribution in [0.1, 0.15) is 37.0 Å². The van der Waals surface area contributed by atoms with Crippen LogP contribution in [0.5, 0.6) is 0 Å². The van der Waals surface area contributed by atoms with Crippen molar-refractivity contribution >= 4 is 10.1 Å². The molecule has 1 aromatic carbocycles. The van der Waals surface area contributed by atoms with Crippen LogP contribution in [0.15, 0.2) is 23.1 Å². The van der Waals surface area contributed by atoms with Crippen LogP contribution in [-0.2, 0) is 10.1 Å². The second-order valence-corrected chi connectivity index (χ2v) is 5.22. The Kier molecular flexibility index (Phi) is 4.07. The van der Waals surface area contributed by atoms with Crippen LogP contribution in [0.3, 0.4) is 0 Å². The molecule has 5 heteroatoms. The highest BCUT2D eigenvalue weighted by Gasteiger charge is 2.15. The molecule has 0 saturated heterocycles. The SMILES string of the molecule is CCCC(O)c1cc(S(=O)(=O)O)ccc1C. The standard InChI is InChI=1S/C11H16O4S/c1-3-4-11(12)10-7-9(16(13,14)15)6-5-8(10)2/h5-7,11-12H,3-4H2,1-2H3,(H,13,14,15). The summed E-state index contributed by atoms with van der Waals surface area (Å²) in [6, 6.07) is 4.23. The average Bonchev–Trinajstić information content (AvgIpc) is 2.16. The molecule has 0 aromatic heterocycles. The largest absolute Gasteiger partial charge is 0.388 e. The molecule has 0 spiro atoms. The lowest BCUT2D eigenvalue weighted by atomic mass is 10.0. The number of hydrogen-bond donors (Lipinski definition) is 2. The normalized spacial score (nSPS) is 13.8. The summed E-state index contributed by atoms with van der Waals surface area (Å²) in [5.74, 6) is 0. The molecule has 1 rings (SSSR count). The summed E-state index contributed by atoms with van der Waals surface area (Å²) in [4.78, 5) is -0.178. The van der Waals surface area contributed by atoms with E-state index in [-0.39, 0.29) is 4.90 Å². The summed E-state index contributed by atoms with van der Waals surface area (Å²) in [6.07, 6.45) is 0.679. The van der Waals surface area contributed by atoms with Crippen molar-refractivity contribution < 1.29 is 18.1 Å². The Morgan fingerprint density at radius 2 is 2.00 bits per heavy atom. The van der Waals surface area contributed by atoms with Gasteiger partial charge >= 0.3 is 0 Å². The predicted molar refractivity (Wildman–Crippen MR) is 60.9 cm³/mol. The highest BCUT2D eigenvalue weighted by molar-refractivity contribution is 7.85. The first kappa shape index (κ1) is 13.2. The van der Waals surface area contributed by atoms with Gasteiger partial charge in [0.1, 0.15) is 0 Å². The predicted octanol–water partition coefficient (Wildman–Crippen LogP) is 2.08. The molecule has 0 saturated carbocycles. The van der Waals surface area contributed by atoms with Crippen LogP contribution in [-0.4, -0.2) is 18.1 Å². The molecule has 0 aliphatic rings. The maximum atomic E-state index is 11.0. The average molecular weight is 244 g/mol. The highest BCUT2D eigenvalue weighted by Crippen LogP contribution is 2.24. The van der Waals surface area contributed by atoms with Crippen molar-refractivity contribution in [2.24, 2.45) is 0 Å². The topological polar surface area (TPSA) is 74.6 Å². The zero-order valence-electron chi connectivity index (χ0n) is 9.34. The molecule has 0 aliphatic heterocycles. The number of aryl methyl sites for hydroxylation is 1. The van der Waals surface area contributed by atoms with Crippen molar-refractivity contribution in [1.29, 1.82) is 0 Å². The first-order chi connectivity index (χ1) is 7.36. The number of hydrogen-bond acceptors (Lipinski definition) is 3. The van der Waals surface area contributed by atoms with Gasteiger partial charge in [0.25, 0.3) is 10.1 Å². The Balaban J connectivity index is 3.19. The second-order valence-electron chi connectivity index (χ2n) is 3.80. The molecule has 0 bridgehead atoms. The third-order valence-corrected chi connectivity index (χ3v) is 3.32. The van der Waals surface area contributed by atoms with E-state index in [4.69, 9.17) is 4.55 Å². The molecule has 0 aliphatic carbocycles. The second kappa shape index (κ2) is 4.95. The van der Waals surface area contributed by atoms with Gasteiger partial charge in [-0.1, -0.05) is 19.4 Å². The Morgan fingerprint density at radius 3 is 2.50 bits per heavy atom. The lowest BCUT2D eigenvalue weighted by Gasteiger charge is -2.13. The van der Waals surface area contributed by atoms with E-state index in [2.05, 4.69) is 0 Å². The quantitative estimate of drug-likeness (QED) is 0.795. The van der Waals surface area contributed by atoms with Gasteiger partial charge in [0.05, 0.1) is 11.0 Å². The van der Waals surface area contributed by atoms with Crippen molar-refractivity contribution in [2.75, 3.05) is 0 Å². The van der Waals surface area contributed by atoms with E-state index in [0.29, 0.717) is 12.0 Å². The lowest BCUT2D eigenvalue weighted by Crippen LogP contribution is -2.04. The van der Waals surface area contributed by atoms with Gasteiger partial charge in [-0.2, -0.15) is 8.42 Å². The Bertz CT molecular complexity index is 465. The van der Waals surface area contributed by atoms with Crippen molar-refractivity contribution in [1.82, 2.24) is 0 Å². The van der Waals surface area contributed by atoms with E-state index in [1.165, 1.54) is 12.1 Å². The molecule has 90 valence electrons. The number of aliphatic hydroxyl groups is 1. The fourth-order valence-electron chi connectivity index (χ4n) is 1.57. The number of rotatable bonds is 4. The molecule has 16 heavy (non-hydrogen) atoms. The van der Waals surface area contributed by atoms with Gasteiger partial charge in [-0.15, -0.1) is 0 Å². The lowest BCUT2D eigenvalue weighted by molar-refractivity contribution is 0.165. The van der Waals surface area contributed by atoms with E-state index in [1.54, 1.807) is 13.0 Å². The minimum atomic E-state index is -4.20. The molecule has 1 atom stereocenters. The van der Waals surface area contributed by atoms with E-state index < -0.39 is 16.2 Å². The number of aliphatic hydroxyl groups excluding tert-OH is 1. The molecule has 2 N–H and O–H groups in total. The van der Waals surface area contributed by atoms with E-state index in [9.17, 15) is 13.5 Å². The summed E-state index contributed by atoms with van der Waals surface area (Å²) in [5, 5.41) is 9.82. The van der Waals surface area contributed by atoms with Crippen molar-refractivity contribution in [3.63, 3.8) is 0 Å². The smallest absolute Gasteiger partial charge is 0.294 e.